The predicted molar refractivity (Wildman–Crippen MR) is 253 cm³/mol. The Bertz CT molecular complexity index is 1320. The van der Waals surface area contributed by atoms with Gasteiger partial charge in [-0.2, -0.15) is 0 Å². The lowest BCUT2D eigenvalue weighted by atomic mass is 10.1. The molecule has 4 nitrogen and oxygen atoms in total. The second-order valence-corrected chi connectivity index (χ2v) is 29.9. The Labute approximate surface area is 362 Å². The van der Waals surface area contributed by atoms with Crippen LogP contribution in [0.2, 0.25) is 36.3 Å². The fourth-order valence-electron chi connectivity index (χ4n) is 6.14. The van der Waals surface area contributed by atoms with E-state index in [1.165, 1.54) is 77.0 Å². The molecule has 0 aromatic heterocycles. The summed E-state index contributed by atoms with van der Waals surface area (Å²) in [6.45, 7) is 24.7. The summed E-state index contributed by atoms with van der Waals surface area (Å²) in [5.41, 5.74) is 7.22. The van der Waals surface area contributed by atoms with E-state index in [1.54, 1.807) is 0 Å². The number of rotatable bonds is 20. The van der Waals surface area contributed by atoms with Crippen LogP contribution in [0.4, 0.5) is 0 Å². The van der Waals surface area contributed by atoms with Crippen molar-refractivity contribution in [3.63, 3.8) is 0 Å². The molecule has 2 fully saturated rings. The van der Waals surface area contributed by atoms with E-state index in [2.05, 4.69) is 126 Å². The minimum absolute atomic E-state index is 0.163. The summed E-state index contributed by atoms with van der Waals surface area (Å²) in [5.74, 6) is 27.1. The third kappa shape index (κ3) is 24.4. The van der Waals surface area contributed by atoms with E-state index >= 15 is 0 Å². The van der Waals surface area contributed by atoms with E-state index in [4.69, 9.17) is 18.9 Å². The summed E-state index contributed by atoms with van der Waals surface area (Å²) in [6, 6.07) is 0. The van der Waals surface area contributed by atoms with E-state index in [1.807, 2.05) is 0 Å². The first kappa shape index (κ1) is 52.2. The van der Waals surface area contributed by atoms with Crippen LogP contribution in [0.25, 0.3) is 0 Å². The molecule has 0 aromatic rings. The molecule has 6 heteroatoms. The smallest absolute Gasteiger partial charge is 0.181 e. The Morgan fingerprint density at radius 2 is 0.759 bits per heavy atom. The van der Waals surface area contributed by atoms with Crippen molar-refractivity contribution >= 4 is 16.1 Å². The van der Waals surface area contributed by atoms with E-state index in [9.17, 15) is 0 Å². The fourth-order valence-corrected chi connectivity index (χ4v) is 7.88. The van der Waals surface area contributed by atoms with Crippen LogP contribution >= 0.6 is 0 Å². The molecule has 2 aliphatic rings. The Kier molecular flexibility index (Phi) is 26.4. The lowest BCUT2D eigenvalue weighted by Gasteiger charge is -2.31. The van der Waals surface area contributed by atoms with Gasteiger partial charge < -0.3 is 18.9 Å². The summed E-state index contributed by atoms with van der Waals surface area (Å²) in [7, 11) is -3.42. The van der Waals surface area contributed by atoms with Gasteiger partial charge >= 0.3 is 0 Å². The number of hydrogen-bond acceptors (Lipinski definition) is 4. The number of ether oxygens (including phenoxy) is 4. The predicted octanol–water partition coefficient (Wildman–Crippen LogP) is 13.9. The topological polar surface area (TPSA) is 36.9 Å². The first-order valence-corrected chi connectivity index (χ1v) is 29.6. The van der Waals surface area contributed by atoms with Crippen molar-refractivity contribution < 1.29 is 18.9 Å². The lowest BCUT2D eigenvalue weighted by Crippen LogP contribution is -2.36. The molecule has 2 aliphatic heterocycles. The van der Waals surface area contributed by atoms with Crippen LogP contribution in [-0.4, -0.2) is 54.1 Å². The van der Waals surface area contributed by atoms with Crippen molar-refractivity contribution in [3.8, 4) is 58.5 Å². The molecule has 0 radical (unpaired) electrons. The highest BCUT2D eigenvalue weighted by Crippen LogP contribution is 2.36. The molecule has 2 saturated heterocycles. The molecule has 0 amide bonds. The molecule has 326 valence electrons. The van der Waals surface area contributed by atoms with Crippen molar-refractivity contribution in [2.24, 2.45) is 0 Å². The Hall–Kier alpha value is -1.93. The monoisotopic (exact) mass is 831 g/mol. The SMILES string of the molecule is CC(C)(C)[Si](C)(C)C#C[C@@H](C#CCCCCCCCCCC#CCCCCCCCCCC#C[C@H](C#C[Si](C)(C)C(C)(C)C)OC1CCCCO1)OC1CCCCO1. The molecule has 2 heterocycles. The maximum Gasteiger partial charge on any atom is 0.181 e. The third-order valence-corrected chi connectivity index (χ3v) is 21.5. The van der Waals surface area contributed by atoms with Crippen molar-refractivity contribution in [3.05, 3.63) is 0 Å². The summed E-state index contributed by atoms with van der Waals surface area (Å²) < 4.78 is 24.1. The molecule has 2 unspecified atom stereocenters. The van der Waals surface area contributed by atoms with Gasteiger partial charge in [0.15, 0.2) is 24.8 Å². The third-order valence-electron chi connectivity index (χ3n) is 12.4. The van der Waals surface area contributed by atoms with Gasteiger partial charge in [0.1, 0.15) is 16.1 Å². The van der Waals surface area contributed by atoms with Gasteiger partial charge in [0.25, 0.3) is 0 Å². The molecule has 0 spiro atoms. The maximum absolute atomic E-state index is 6.22. The molecular formula is C52H86O4Si2. The minimum Gasteiger partial charge on any atom is -0.353 e. The molecule has 0 aliphatic carbocycles. The van der Waals surface area contributed by atoms with Gasteiger partial charge in [0, 0.05) is 38.9 Å². The quantitative estimate of drug-likeness (QED) is 0.0696. The molecule has 0 N–H and O–H groups in total. The van der Waals surface area contributed by atoms with Gasteiger partial charge in [-0.3, -0.25) is 0 Å². The zero-order chi connectivity index (χ0) is 42.6. The largest absolute Gasteiger partial charge is 0.353 e. The van der Waals surface area contributed by atoms with Crippen molar-refractivity contribution in [1.29, 1.82) is 0 Å². The zero-order valence-corrected chi connectivity index (χ0v) is 41.3. The van der Waals surface area contributed by atoms with Crippen LogP contribution < -0.4 is 0 Å². The Morgan fingerprint density at radius 1 is 0.448 bits per heavy atom. The van der Waals surface area contributed by atoms with Crippen molar-refractivity contribution in [2.45, 2.75) is 257 Å². The minimum atomic E-state index is -1.71. The second-order valence-electron chi connectivity index (χ2n) is 19.9. The van der Waals surface area contributed by atoms with Crippen LogP contribution in [0, 0.1) is 58.5 Å². The maximum atomic E-state index is 6.22. The van der Waals surface area contributed by atoms with Crippen molar-refractivity contribution in [2.75, 3.05) is 13.2 Å². The molecule has 0 saturated carbocycles. The average molecular weight is 831 g/mol. The van der Waals surface area contributed by atoms with Gasteiger partial charge in [0.05, 0.1) is 0 Å². The van der Waals surface area contributed by atoms with Crippen LogP contribution in [0.5, 0.6) is 0 Å². The van der Waals surface area contributed by atoms with E-state index < -0.39 is 16.1 Å². The molecule has 0 bridgehead atoms. The zero-order valence-electron chi connectivity index (χ0n) is 39.3. The average Bonchev–Trinajstić information content (AvgIpc) is 3.17. The van der Waals surface area contributed by atoms with Gasteiger partial charge in [-0.05, 0) is 74.3 Å². The van der Waals surface area contributed by atoms with Crippen LogP contribution in [0.15, 0.2) is 0 Å². The normalized spacial score (nSPS) is 18.4. The van der Waals surface area contributed by atoms with Crippen LogP contribution in [0.3, 0.4) is 0 Å². The fraction of sp³-hybridized carbons (Fsp3) is 0.808. The second kappa shape index (κ2) is 29.3. The molecule has 58 heavy (non-hydrogen) atoms. The van der Waals surface area contributed by atoms with Gasteiger partial charge in [-0.25, -0.2) is 0 Å². The van der Waals surface area contributed by atoms with Gasteiger partial charge in [-0.1, -0.05) is 167 Å². The summed E-state index contributed by atoms with van der Waals surface area (Å²) >= 11 is 0. The van der Waals surface area contributed by atoms with Gasteiger partial charge in [0.2, 0.25) is 0 Å². The molecule has 4 atom stereocenters. The van der Waals surface area contributed by atoms with E-state index in [0.29, 0.717) is 0 Å². The highest BCUT2D eigenvalue weighted by atomic mass is 28.3. The number of hydrogen-bond donors (Lipinski definition) is 0. The number of unbranched alkanes of at least 4 members (excludes halogenated alkanes) is 16. The van der Waals surface area contributed by atoms with Crippen molar-refractivity contribution in [1.82, 2.24) is 0 Å². The van der Waals surface area contributed by atoms with Crippen LogP contribution in [0.1, 0.15) is 196 Å². The first-order valence-electron chi connectivity index (χ1n) is 23.6. The highest BCUT2D eigenvalue weighted by molar-refractivity contribution is 6.88. The van der Waals surface area contributed by atoms with E-state index in [-0.39, 0.29) is 34.9 Å². The Morgan fingerprint density at radius 3 is 1.05 bits per heavy atom. The highest BCUT2D eigenvalue weighted by Gasteiger charge is 2.35. The first-order chi connectivity index (χ1) is 27.6. The molecule has 2 rings (SSSR count). The van der Waals surface area contributed by atoms with Crippen LogP contribution in [-0.2, 0) is 18.9 Å². The summed E-state index contributed by atoms with van der Waals surface area (Å²) in [5, 5.41) is 0.446. The molecular weight excluding hydrogens is 745 g/mol. The van der Waals surface area contributed by atoms with E-state index in [0.717, 1.165) is 90.3 Å². The lowest BCUT2D eigenvalue weighted by molar-refractivity contribution is -0.166. The molecule has 0 aromatic carbocycles. The van der Waals surface area contributed by atoms with Gasteiger partial charge in [-0.15, -0.1) is 22.9 Å². The Balaban J connectivity index is 1.48. The summed E-state index contributed by atoms with van der Waals surface area (Å²) in [6.07, 6.45) is 27.0. The standard InChI is InChI=1S/C52H86O4Si2/c1-51(2,3)57(7,8)45-41-47(55-49-39-33-35-43-53-49)37-31-29-27-25-23-21-19-17-15-13-11-12-14-16-18-20-22-24-26-28-30-32-38-48(56-50-40-34-36-44-54-50)42-46-58(9,10)52(4,5)6/h47-50H,13-30,33-36,39-40,43-44H2,1-10H3/t47-,48-,49?,50?/m1/s1. The summed E-state index contributed by atoms with van der Waals surface area (Å²) in [4.78, 5) is 0.